The van der Waals surface area contributed by atoms with Gasteiger partial charge in [0, 0.05) is 0 Å². The lowest BCUT2D eigenvalue weighted by molar-refractivity contribution is -0.137. The van der Waals surface area contributed by atoms with Crippen molar-refractivity contribution in [3.63, 3.8) is 0 Å². The van der Waals surface area contributed by atoms with Gasteiger partial charge in [0.05, 0.1) is 0 Å². The van der Waals surface area contributed by atoms with Crippen LogP contribution in [0.3, 0.4) is 0 Å². The number of hydrogen-bond donors (Lipinski definition) is 1. The van der Waals surface area contributed by atoms with Crippen LogP contribution in [0, 0.1) is 0 Å². The molecule has 1 aromatic heterocycles. The first-order chi connectivity index (χ1) is 9.58. The zero-order valence-electron chi connectivity index (χ0n) is 10.3. The Bertz CT molecular complexity index is 670. The smallest absolute Gasteiger partial charge is 0.323 e. The SMILES string of the molecule is O=C(O)Cn1cnc(OCc2ccccc2)c(Br)c1=O. The fourth-order valence-electron chi connectivity index (χ4n) is 1.53. The molecule has 0 amide bonds. The van der Waals surface area contributed by atoms with Gasteiger partial charge in [0.2, 0.25) is 5.88 Å². The molecule has 0 aliphatic heterocycles. The highest BCUT2D eigenvalue weighted by Crippen LogP contribution is 2.18. The number of hydrogen-bond acceptors (Lipinski definition) is 4. The summed E-state index contributed by atoms with van der Waals surface area (Å²) in [5, 5.41) is 8.67. The summed E-state index contributed by atoms with van der Waals surface area (Å²) in [5.41, 5.74) is 0.446. The van der Waals surface area contributed by atoms with Crippen molar-refractivity contribution in [1.29, 1.82) is 0 Å². The minimum absolute atomic E-state index is 0.109. The van der Waals surface area contributed by atoms with Gasteiger partial charge in [-0.1, -0.05) is 30.3 Å². The van der Waals surface area contributed by atoms with E-state index in [0.717, 1.165) is 16.5 Å². The van der Waals surface area contributed by atoms with Crippen LogP contribution in [0.5, 0.6) is 5.88 Å². The molecule has 0 saturated carbocycles. The van der Waals surface area contributed by atoms with Gasteiger partial charge >= 0.3 is 5.97 Å². The van der Waals surface area contributed by atoms with Crippen LogP contribution in [-0.4, -0.2) is 20.6 Å². The van der Waals surface area contributed by atoms with Crippen molar-refractivity contribution in [2.45, 2.75) is 13.2 Å². The van der Waals surface area contributed by atoms with E-state index in [0.29, 0.717) is 0 Å². The van der Waals surface area contributed by atoms with Crippen LogP contribution < -0.4 is 10.3 Å². The van der Waals surface area contributed by atoms with Crippen molar-refractivity contribution < 1.29 is 14.6 Å². The van der Waals surface area contributed by atoms with Crippen molar-refractivity contribution in [2.24, 2.45) is 0 Å². The van der Waals surface area contributed by atoms with Crippen molar-refractivity contribution in [3.05, 3.63) is 57.0 Å². The Hall–Kier alpha value is -2.15. The van der Waals surface area contributed by atoms with E-state index < -0.39 is 18.1 Å². The van der Waals surface area contributed by atoms with Crippen molar-refractivity contribution in [2.75, 3.05) is 0 Å². The Morgan fingerprint density at radius 1 is 1.35 bits per heavy atom. The number of carboxylic acids is 1. The van der Waals surface area contributed by atoms with Crippen LogP contribution in [0.2, 0.25) is 0 Å². The summed E-state index contributed by atoms with van der Waals surface area (Å²) in [4.78, 5) is 26.4. The molecular formula is C13H11BrN2O4. The topological polar surface area (TPSA) is 81.4 Å². The maximum absolute atomic E-state index is 11.9. The Morgan fingerprint density at radius 3 is 2.70 bits per heavy atom. The maximum Gasteiger partial charge on any atom is 0.323 e. The monoisotopic (exact) mass is 338 g/mol. The molecule has 20 heavy (non-hydrogen) atoms. The second-order valence-corrected chi connectivity index (χ2v) is 4.76. The lowest BCUT2D eigenvalue weighted by Gasteiger charge is -2.08. The molecule has 0 unspecified atom stereocenters. The molecule has 1 N–H and O–H groups in total. The van der Waals surface area contributed by atoms with Gasteiger partial charge in [-0.05, 0) is 21.5 Å². The normalized spacial score (nSPS) is 10.2. The number of carbonyl (C=O) groups is 1. The van der Waals surface area contributed by atoms with E-state index in [9.17, 15) is 9.59 Å². The first kappa shape index (κ1) is 14.3. The lowest BCUT2D eigenvalue weighted by atomic mass is 10.2. The average Bonchev–Trinajstić information content (AvgIpc) is 2.44. The Kier molecular flexibility index (Phi) is 4.52. The third kappa shape index (κ3) is 3.45. The van der Waals surface area contributed by atoms with Gasteiger partial charge in [-0.25, -0.2) is 4.98 Å². The standard InChI is InChI=1S/C13H11BrN2O4/c14-11-12(20-7-9-4-2-1-3-5-9)15-8-16(13(11)19)6-10(17)18/h1-5,8H,6-7H2,(H,17,18). The van der Waals surface area contributed by atoms with Crippen molar-refractivity contribution >= 4 is 21.9 Å². The maximum atomic E-state index is 11.9. The highest BCUT2D eigenvalue weighted by Gasteiger charge is 2.12. The number of ether oxygens (including phenoxy) is 1. The van der Waals surface area contributed by atoms with E-state index in [1.807, 2.05) is 30.3 Å². The number of halogens is 1. The Morgan fingerprint density at radius 2 is 2.05 bits per heavy atom. The highest BCUT2D eigenvalue weighted by molar-refractivity contribution is 9.10. The Labute approximate surface area is 122 Å². The van der Waals surface area contributed by atoms with Crippen molar-refractivity contribution in [3.8, 4) is 5.88 Å². The summed E-state index contributed by atoms with van der Waals surface area (Å²) >= 11 is 3.08. The van der Waals surface area contributed by atoms with Gasteiger partial charge in [0.15, 0.2) is 0 Å². The van der Waals surface area contributed by atoms with Crippen LogP contribution in [0.15, 0.2) is 45.9 Å². The molecule has 0 aliphatic rings. The van der Waals surface area contributed by atoms with Gasteiger partial charge in [0.1, 0.15) is 24.0 Å². The largest absolute Gasteiger partial charge is 0.480 e. The molecule has 2 rings (SSSR count). The van der Waals surface area contributed by atoms with Crippen LogP contribution >= 0.6 is 15.9 Å². The fraction of sp³-hybridized carbons (Fsp3) is 0.154. The van der Waals surface area contributed by atoms with Crippen LogP contribution in [0.4, 0.5) is 0 Å². The third-order valence-electron chi connectivity index (χ3n) is 2.47. The number of aromatic nitrogens is 2. The minimum atomic E-state index is -1.11. The van der Waals surface area contributed by atoms with E-state index in [4.69, 9.17) is 9.84 Å². The predicted molar refractivity (Wildman–Crippen MR) is 74.6 cm³/mol. The molecule has 0 fully saturated rings. The summed E-state index contributed by atoms with van der Waals surface area (Å²) in [6.45, 7) is -0.168. The Balaban J connectivity index is 2.15. The van der Waals surface area contributed by atoms with Crippen molar-refractivity contribution in [1.82, 2.24) is 9.55 Å². The molecular weight excluding hydrogens is 328 g/mol. The molecule has 6 nitrogen and oxygen atoms in total. The molecule has 104 valence electrons. The van der Waals surface area contributed by atoms with Gasteiger partial charge in [0.25, 0.3) is 5.56 Å². The fourth-order valence-corrected chi connectivity index (χ4v) is 1.98. The number of carboxylic acid groups (broad SMARTS) is 1. The van der Waals surface area contributed by atoms with Crippen LogP contribution in [0.1, 0.15) is 5.56 Å². The van der Waals surface area contributed by atoms with E-state index in [1.54, 1.807) is 0 Å². The molecule has 0 radical (unpaired) electrons. The predicted octanol–water partition coefficient (Wildman–Crippen LogP) is 1.67. The number of rotatable bonds is 5. The van der Waals surface area contributed by atoms with Gasteiger partial charge in [-0.15, -0.1) is 0 Å². The molecule has 0 saturated heterocycles. The summed E-state index contributed by atoms with van der Waals surface area (Å²) in [5.74, 6) is -0.973. The van der Waals surface area contributed by atoms with E-state index in [-0.39, 0.29) is 17.0 Å². The molecule has 7 heteroatoms. The van der Waals surface area contributed by atoms with E-state index in [2.05, 4.69) is 20.9 Å². The molecule has 0 bridgehead atoms. The highest BCUT2D eigenvalue weighted by atomic mass is 79.9. The van der Waals surface area contributed by atoms with Crippen LogP contribution in [0.25, 0.3) is 0 Å². The first-order valence-electron chi connectivity index (χ1n) is 5.71. The van der Waals surface area contributed by atoms with E-state index in [1.165, 1.54) is 0 Å². The second-order valence-electron chi connectivity index (χ2n) is 3.96. The molecule has 1 aromatic carbocycles. The average molecular weight is 339 g/mol. The first-order valence-corrected chi connectivity index (χ1v) is 6.50. The third-order valence-corrected chi connectivity index (χ3v) is 3.15. The van der Waals surface area contributed by atoms with Crippen LogP contribution in [-0.2, 0) is 17.9 Å². The molecule has 0 atom stereocenters. The minimum Gasteiger partial charge on any atom is -0.480 e. The lowest BCUT2D eigenvalue weighted by Crippen LogP contribution is -2.25. The molecule has 0 aliphatic carbocycles. The molecule has 2 aromatic rings. The number of nitrogens with zero attached hydrogens (tertiary/aromatic N) is 2. The summed E-state index contributed by atoms with van der Waals surface area (Å²) in [6.07, 6.45) is 1.15. The van der Waals surface area contributed by atoms with Gasteiger partial charge < -0.3 is 9.84 Å². The second kappa shape index (κ2) is 6.33. The number of benzene rings is 1. The number of aliphatic carboxylic acids is 1. The zero-order valence-corrected chi connectivity index (χ0v) is 11.9. The quantitative estimate of drug-likeness (QED) is 0.896. The van der Waals surface area contributed by atoms with Gasteiger partial charge in [-0.3, -0.25) is 14.2 Å². The van der Waals surface area contributed by atoms with E-state index >= 15 is 0 Å². The molecule has 1 heterocycles. The molecule has 0 spiro atoms. The zero-order chi connectivity index (χ0) is 14.5. The summed E-state index contributed by atoms with van der Waals surface area (Å²) in [6, 6.07) is 9.43. The van der Waals surface area contributed by atoms with Gasteiger partial charge in [-0.2, -0.15) is 0 Å². The summed E-state index contributed by atoms with van der Waals surface area (Å²) in [7, 11) is 0. The summed E-state index contributed by atoms with van der Waals surface area (Å²) < 4.78 is 6.54.